The van der Waals surface area contributed by atoms with Crippen molar-refractivity contribution in [2.24, 2.45) is 5.92 Å². The molecule has 2 heterocycles. The third-order valence-corrected chi connectivity index (χ3v) is 4.77. The molecule has 2 aliphatic rings. The number of ether oxygens (including phenoxy) is 3. The molecule has 0 aromatic heterocycles. The maximum Gasteiger partial charge on any atom is 0.225 e. The predicted octanol–water partition coefficient (Wildman–Crippen LogP) is 2.50. The number of carbonyl (C=O) groups is 1. The highest BCUT2D eigenvalue weighted by molar-refractivity contribution is 5.79. The lowest BCUT2D eigenvalue weighted by atomic mass is 9.97. The van der Waals surface area contributed by atoms with Gasteiger partial charge in [-0.2, -0.15) is 0 Å². The van der Waals surface area contributed by atoms with Gasteiger partial charge in [0.05, 0.1) is 12.7 Å². The zero-order valence-electron chi connectivity index (χ0n) is 14.2. The number of hydrogen-bond acceptors (Lipinski definition) is 4. The van der Waals surface area contributed by atoms with Gasteiger partial charge in [-0.25, -0.2) is 0 Å². The first-order valence-corrected chi connectivity index (χ1v) is 8.99. The van der Waals surface area contributed by atoms with Crippen LogP contribution in [0, 0.1) is 5.92 Å². The summed E-state index contributed by atoms with van der Waals surface area (Å²) in [6.45, 7) is 4.20. The fraction of sp³-hybridized carbons (Fsp3) is 0.632. The third-order valence-electron chi connectivity index (χ3n) is 4.77. The van der Waals surface area contributed by atoms with E-state index in [2.05, 4.69) is 0 Å². The lowest BCUT2D eigenvalue weighted by molar-refractivity contribution is -0.141. The first-order valence-electron chi connectivity index (χ1n) is 8.99. The second-order valence-electron chi connectivity index (χ2n) is 6.44. The standard InChI is InChI=1S/C19H27NO4/c21-19(16-8-12-22-13-9-16)20-10-6-18(7-11-20)24-15-14-23-17-4-2-1-3-5-17/h1-5,16,18H,6-15H2. The Morgan fingerprint density at radius 1 is 1.04 bits per heavy atom. The number of hydrogen-bond donors (Lipinski definition) is 0. The van der Waals surface area contributed by atoms with E-state index in [0.717, 1.165) is 57.7 Å². The maximum absolute atomic E-state index is 12.5. The van der Waals surface area contributed by atoms with Crippen LogP contribution in [0.2, 0.25) is 0 Å². The molecule has 1 aromatic carbocycles. The molecular formula is C19H27NO4. The molecule has 0 radical (unpaired) electrons. The number of likely N-dealkylation sites (tertiary alicyclic amines) is 1. The molecule has 0 unspecified atom stereocenters. The van der Waals surface area contributed by atoms with Crippen molar-refractivity contribution in [1.82, 2.24) is 4.90 Å². The lowest BCUT2D eigenvalue weighted by Crippen LogP contribution is -2.44. The number of amides is 1. The third kappa shape index (κ3) is 4.95. The number of para-hydroxylation sites is 1. The second-order valence-corrected chi connectivity index (χ2v) is 6.44. The summed E-state index contributed by atoms with van der Waals surface area (Å²) in [6.07, 6.45) is 3.81. The minimum absolute atomic E-state index is 0.162. The average Bonchev–Trinajstić information content (AvgIpc) is 2.67. The Morgan fingerprint density at radius 2 is 1.75 bits per heavy atom. The molecule has 5 nitrogen and oxygen atoms in total. The molecule has 0 bridgehead atoms. The van der Waals surface area contributed by atoms with Crippen molar-refractivity contribution in [1.29, 1.82) is 0 Å². The molecule has 2 saturated heterocycles. The van der Waals surface area contributed by atoms with Crippen molar-refractivity contribution in [3.8, 4) is 5.75 Å². The smallest absolute Gasteiger partial charge is 0.225 e. The van der Waals surface area contributed by atoms with Gasteiger partial charge in [0.1, 0.15) is 12.4 Å². The van der Waals surface area contributed by atoms with E-state index in [0.29, 0.717) is 19.1 Å². The van der Waals surface area contributed by atoms with Gasteiger partial charge in [-0.1, -0.05) is 18.2 Å². The quantitative estimate of drug-likeness (QED) is 0.751. The first-order chi connectivity index (χ1) is 11.8. The van der Waals surface area contributed by atoms with Crippen LogP contribution in [0.1, 0.15) is 25.7 Å². The Balaban J connectivity index is 1.31. The predicted molar refractivity (Wildman–Crippen MR) is 91.0 cm³/mol. The fourth-order valence-electron chi connectivity index (χ4n) is 3.34. The van der Waals surface area contributed by atoms with Crippen LogP contribution in [0.15, 0.2) is 30.3 Å². The largest absolute Gasteiger partial charge is 0.491 e. The van der Waals surface area contributed by atoms with E-state index in [9.17, 15) is 4.79 Å². The van der Waals surface area contributed by atoms with Gasteiger partial charge in [0.15, 0.2) is 0 Å². The fourth-order valence-corrected chi connectivity index (χ4v) is 3.34. The van der Waals surface area contributed by atoms with E-state index >= 15 is 0 Å². The SMILES string of the molecule is O=C(C1CCOCC1)N1CCC(OCCOc2ccccc2)CC1. The van der Waals surface area contributed by atoms with E-state index < -0.39 is 0 Å². The van der Waals surface area contributed by atoms with Gasteiger partial charge in [0.2, 0.25) is 5.91 Å². The molecule has 1 amide bonds. The Hall–Kier alpha value is -1.59. The second kappa shape index (κ2) is 9.04. The van der Waals surface area contributed by atoms with Crippen molar-refractivity contribution in [3.63, 3.8) is 0 Å². The molecule has 0 aliphatic carbocycles. The Morgan fingerprint density at radius 3 is 2.46 bits per heavy atom. The minimum Gasteiger partial charge on any atom is -0.491 e. The van der Waals surface area contributed by atoms with Crippen LogP contribution < -0.4 is 4.74 Å². The highest BCUT2D eigenvalue weighted by Gasteiger charge is 2.29. The van der Waals surface area contributed by atoms with Gasteiger partial charge >= 0.3 is 0 Å². The van der Waals surface area contributed by atoms with Crippen LogP contribution in [-0.2, 0) is 14.3 Å². The lowest BCUT2D eigenvalue weighted by Gasteiger charge is -2.35. The zero-order chi connectivity index (χ0) is 16.6. The van der Waals surface area contributed by atoms with Gasteiger partial charge in [-0.05, 0) is 37.8 Å². The van der Waals surface area contributed by atoms with Crippen LogP contribution in [0.4, 0.5) is 0 Å². The summed E-state index contributed by atoms with van der Waals surface area (Å²) in [4.78, 5) is 14.5. The van der Waals surface area contributed by atoms with Gasteiger partial charge in [0, 0.05) is 32.2 Å². The number of nitrogens with zero attached hydrogens (tertiary/aromatic N) is 1. The van der Waals surface area contributed by atoms with Crippen LogP contribution in [0.3, 0.4) is 0 Å². The monoisotopic (exact) mass is 333 g/mol. The number of piperidine rings is 1. The van der Waals surface area contributed by atoms with Crippen molar-refractivity contribution in [2.45, 2.75) is 31.8 Å². The first kappa shape index (κ1) is 17.2. The van der Waals surface area contributed by atoms with Crippen molar-refractivity contribution < 1.29 is 19.0 Å². The number of carbonyl (C=O) groups excluding carboxylic acids is 1. The van der Waals surface area contributed by atoms with E-state index in [1.54, 1.807) is 0 Å². The molecular weight excluding hydrogens is 306 g/mol. The molecule has 0 spiro atoms. The van der Waals surface area contributed by atoms with E-state index in [1.165, 1.54) is 0 Å². The van der Waals surface area contributed by atoms with Crippen molar-refractivity contribution in [2.75, 3.05) is 39.5 Å². The number of benzene rings is 1. The molecule has 2 fully saturated rings. The summed E-state index contributed by atoms with van der Waals surface area (Å²) in [5.41, 5.74) is 0. The maximum atomic E-state index is 12.5. The Kier molecular flexibility index (Phi) is 6.49. The van der Waals surface area contributed by atoms with E-state index in [4.69, 9.17) is 14.2 Å². The molecule has 24 heavy (non-hydrogen) atoms. The van der Waals surface area contributed by atoms with E-state index in [1.807, 2.05) is 35.2 Å². The average molecular weight is 333 g/mol. The minimum atomic E-state index is 0.162. The normalized spacial score (nSPS) is 20.1. The summed E-state index contributed by atoms with van der Waals surface area (Å²) in [5.74, 6) is 1.35. The molecule has 2 aliphatic heterocycles. The number of rotatable bonds is 6. The molecule has 132 valence electrons. The molecule has 3 rings (SSSR count). The van der Waals surface area contributed by atoms with E-state index in [-0.39, 0.29) is 12.0 Å². The summed E-state index contributed by atoms with van der Waals surface area (Å²) in [6, 6.07) is 9.78. The van der Waals surface area contributed by atoms with Crippen molar-refractivity contribution >= 4 is 5.91 Å². The topological polar surface area (TPSA) is 48.0 Å². The zero-order valence-corrected chi connectivity index (χ0v) is 14.2. The highest BCUT2D eigenvalue weighted by Crippen LogP contribution is 2.21. The molecule has 0 atom stereocenters. The van der Waals surface area contributed by atoms with Crippen LogP contribution >= 0.6 is 0 Å². The Bertz CT molecular complexity index is 493. The van der Waals surface area contributed by atoms with Crippen molar-refractivity contribution in [3.05, 3.63) is 30.3 Å². The van der Waals surface area contributed by atoms with Crippen LogP contribution in [0.5, 0.6) is 5.75 Å². The molecule has 0 saturated carbocycles. The van der Waals surface area contributed by atoms with Gasteiger partial charge in [-0.3, -0.25) is 4.79 Å². The molecule has 5 heteroatoms. The summed E-state index contributed by atoms with van der Waals surface area (Å²) >= 11 is 0. The van der Waals surface area contributed by atoms with Crippen LogP contribution in [0.25, 0.3) is 0 Å². The molecule has 1 aromatic rings. The van der Waals surface area contributed by atoms with Crippen LogP contribution in [-0.4, -0.2) is 56.4 Å². The van der Waals surface area contributed by atoms with Gasteiger partial charge < -0.3 is 19.1 Å². The molecule has 0 N–H and O–H groups in total. The summed E-state index contributed by atoms with van der Waals surface area (Å²) in [7, 11) is 0. The van der Waals surface area contributed by atoms with Gasteiger partial charge in [0.25, 0.3) is 0 Å². The van der Waals surface area contributed by atoms with Gasteiger partial charge in [-0.15, -0.1) is 0 Å². The highest BCUT2D eigenvalue weighted by atomic mass is 16.5. The summed E-state index contributed by atoms with van der Waals surface area (Å²) < 4.78 is 16.9. The summed E-state index contributed by atoms with van der Waals surface area (Å²) in [5, 5.41) is 0. The Labute approximate surface area is 143 Å².